The Kier molecular flexibility index (Phi) is 3.53. The second-order valence-electron chi connectivity index (χ2n) is 4.06. The third-order valence-electron chi connectivity index (χ3n) is 2.50. The molecule has 1 aromatic carbocycles. The van der Waals surface area contributed by atoms with Crippen LogP contribution in [0.15, 0.2) is 12.1 Å². The van der Waals surface area contributed by atoms with Gasteiger partial charge in [-0.2, -0.15) is 8.78 Å². The first-order valence-corrected chi connectivity index (χ1v) is 6.18. The van der Waals surface area contributed by atoms with Gasteiger partial charge in [0.2, 0.25) is 0 Å². The Morgan fingerprint density at radius 3 is 2.74 bits per heavy atom. The average Bonchev–Trinajstić information content (AvgIpc) is 2.65. The van der Waals surface area contributed by atoms with E-state index in [1.807, 2.05) is 0 Å². The van der Waals surface area contributed by atoms with Crippen molar-refractivity contribution in [1.82, 2.24) is 4.98 Å². The number of aryl methyl sites for hydroxylation is 1. The molecule has 0 saturated heterocycles. The number of nitrogens with one attached hydrogen (secondary N) is 1. The summed E-state index contributed by atoms with van der Waals surface area (Å²) in [6, 6.07) is 3.07. The van der Waals surface area contributed by atoms with Gasteiger partial charge >= 0.3 is 12.3 Å². The van der Waals surface area contributed by atoms with Crippen LogP contribution in [-0.2, 0) is 0 Å². The number of nitrogens with two attached hydrogens (primary N) is 1. The third kappa shape index (κ3) is 2.89. The SMILES string of the molecule is Cc1nc2cc(NCC(F)(F)C(F)F)c(N)cc2s1. The van der Waals surface area contributed by atoms with Crippen molar-refractivity contribution < 1.29 is 17.6 Å². The van der Waals surface area contributed by atoms with Gasteiger partial charge < -0.3 is 11.1 Å². The van der Waals surface area contributed by atoms with E-state index in [2.05, 4.69) is 10.3 Å². The zero-order valence-corrected chi connectivity index (χ0v) is 10.7. The normalized spacial score (nSPS) is 12.3. The Labute approximate surface area is 110 Å². The van der Waals surface area contributed by atoms with Crippen molar-refractivity contribution in [2.75, 3.05) is 17.6 Å². The standard InChI is InChI=1S/C11H11F4N3S/c1-5-18-8-3-7(6(16)2-9(8)19-5)17-4-11(14,15)10(12)13/h2-3,10,17H,4,16H2,1H3. The van der Waals surface area contributed by atoms with E-state index in [0.717, 1.165) is 9.71 Å². The van der Waals surface area contributed by atoms with Crippen molar-refractivity contribution >= 4 is 32.9 Å². The van der Waals surface area contributed by atoms with E-state index in [1.165, 1.54) is 17.4 Å². The maximum Gasteiger partial charge on any atom is 0.324 e. The summed E-state index contributed by atoms with van der Waals surface area (Å²) in [6.07, 6.45) is -3.72. The van der Waals surface area contributed by atoms with Gasteiger partial charge in [0, 0.05) is 0 Å². The second kappa shape index (κ2) is 4.84. The molecule has 0 radical (unpaired) electrons. The lowest BCUT2D eigenvalue weighted by Crippen LogP contribution is -2.34. The van der Waals surface area contributed by atoms with Gasteiger partial charge in [-0.25, -0.2) is 13.8 Å². The predicted octanol–water partition coefficient (Wildman–Crippen LogP) is 3.50. The van der Waals surface area contributed by atoms with Gasteiger partial charge in [0.15, 0.2) is 0 Å². The molecule has 0 amide bonds. The Hall–Kier alpha value is -1.57. The van der Waals surface area contributed by atoms with Crippen LogP contribution in [0.4, 0.5) is 28.9 Å². The lowest BCUT2D eigenvalue weighted by Gasteiger charge is -2.17. The molecule has 0 aliphatic heterocycles. The first kappa shape index (κ1) is 13.9. The lowest BCUT2D eigenvalue weighted by molar-refractivity contribution is -0.117. The summed E-state index contributed by atoms with van der Waals surface area (Å²) in [5, 5.41) is 3.06. The number of anilines is 2. The first-order valence-electron chi connectivity index (χ1n) is 5.36. The van der Waals surface area contributed by atoms with Crippen molar-refractivity contribution in [2.24, 2.45) is 0 Å². The van der Waals surface area contributed by atoms with E-state index in [-0.39, 0.29) is 11.4 Å². The predicted molar refractivity (Wildman–Crippen MR) is 68.2 cm³/mol. The highest BCUT2D eigenvalue weighted by Gasteiger charge is 2.40. The van der Waals surface area contributed by atoms with Gasteiger partial charge in [0.1, 0.15) is 0 Å². The summed E-state index contributed by atoms with van der Waals surface area (Å²) in [7, 11) is 0. The largest absolute Gasteiger partial charge is 0.397 e. The average molecular weight is 293 g/mol. The lowest BCUT2D eigenvalue weighted by atomic mass is 10.2. The fourth-order valence-electron chi connectivity index (χ4n) is 1.55. The molecule has 3 N–H and O–H groups in total. The molecule has 8 heteroatoms. The van der Waals surface area contributed by atoms with Gasteiger partial charge in [-0.3, -0.25) is 0 Å². The van der Waals surface area contributed by atoms with E-state index in [9.17, 15) is 17.6 Å². The second-order valence-corrected chi connectivity index (χ2v) is 5.29. The molecule has 104 valence electrons. The van der Waals surface area contributed by atoms with E-state index in [0.29, 0.717) is 5.52 Å². The zero-order valence-electron chi connectivity index (χ0n) is 9.88. The minimum Gasteiger partial charge on any atom is -0.397 e. The van der Waals surface area contributed by atoms with E-state index in [4.69, 9.17) is 5.73 Å². The monoisotopic (exact) mass is 293 g/mol. The van der Waals surface area contributed by atoms with Crippen LogP contribution < -0.4 is 11.1 Å². The Morgan fingerprint density at radius 1 is 1.42 bits per heavy atom. The number of rotatable bonds is 4. The van der Waals surface area contributed by atoms with Crippen LogP contribution >= 0.6 is 11.3 Å². The van der Waals surface area contributed by atoms with Gasteiger partial charge in [-0.1, -0.05) is 0 Å². The van der Waals surface area contributed by atoms with Crippen molar-refractivity contribution in [3.63, 3.8) is 0 Å². The number of fused-ring (bicyclic) bond motifs is 1. The summed E-state index contributed by atoms with van der Waals surface area (Å²) in [6.45, 7) is 0.627. The summed E-state index contributed by atoms with van der Waals surface area (Å²) < 4.78 is 50.5. The maximum absolute atomic E-state index is 12.8. The molecule has 0 fully saturated rings. The Bertz CT molecular complexity index is 597. The van der Waals surface area contributed by atoms with Crippen LogP contribution in [0.1, 0.15) is 5.01 Å². The minimum absolute atomic E-state index is 0.179. The molecule has 0 aliphatic carbocycles. The molecule has 0 saturated carbocycles. The van der Waals surface area contributed by atoms with Crippen molar-refractivity contribution in [3.05, 3.63) is 17.1 Å². The number of halogens is 4. The van der Waals surface area contributed by atoms with Crippen molar-refractivity contribution in [2.45, 2.75) is 19.3 Å². The first-order chi connectivity index (χ1) is 8.79. The Morgan fingerprint density at radius 2 is 2.11 bits per heavy atom. The van der Waals surface area contributed by atoms with Crippen molar-refractivity contribution in [1.29, 1.82) is 0 Å². The summed E-state index contributed by atoms with van der Waals surface area (Å²) in [5.74, 6) is -4.10. The molecule has 0 unspecified atom stereocenters. The molecule has 1 aromatic heterocycles. The van der Waals surface area contributed by atoms with Gasteiger partial charge in [-0.15, -0.1) is 11.3 Å². The number of aromatic nitrogens is 1. The minimum atomic E-state index is -4.10. The highest BCUT2D eigenvalue weighted by Crippen LogP contribution is 2.31. The molecule has 2 aromatic rings. The Balaban J connectivity index is 2.23. The summed E-state index contributed by atoms with van der Waals surface area (Å²) >= 11 is 1.42. The number of nitrogen functional groups attached to an aromatic ring is 1. The number of hydrogen-bond donors (Lipinski definition) is 2. The summed E-state index contributed by atoms with van der Waals surface area (Å²) in [5.41, 5.74) is 6.68. The highest BCUT2D eigenvalue weighted by molar-refractivity contribution is 7.18. The van der Waals surface area contributed by atoms with Crippen LogP contribution in [0.3, 0.4) is 0 Å². The molecule has 2 rings (SSSR count). The number of hydrogen-bond acceptors (Lipinski definition) is 4. The number of alkyl halides is 4. The fourth-order valence-corrected chi connectivity index (χ4v) is 2.41. The molecule has 1 heterocycles. The van der Waals surface area contributed by atoms with Gasteiger partial charge in [0.05, 0.1) is 33.1 Å². The smallest absolute Gasteiger partial charge is 0.324 e. The van der Waals surface area contributed by atoms with Crippen LogP contribution in [0.5, 0.6) is 0 Å². The van der Waals surface area contributed by atoms with Gasteiger partial charge in [-0.05, 0) is 19.1 Å². The van der Waals surface area contributed by atoms with Crippen molar-refractivity contribution in [3.8, 4) is 0 Å². The summed E-state index contributed by atoms with van der Waals surface area (Å²) in [4.78, 5) is 4.18. The maximum atomic E-state index is 12.8. The molecular weight excluding hydrogens is 282 g/mol. The number of nitrogens with zero attached hydrogens (tertiary/aromatic N) is 1. The molecule has 0 spiro atoms. The molecular formula is C11H11F4N3S. The zero-order chi connectivity index (χ0) is 14.2. The van der Waals surface area contributed by atoms with Crippen LogP contribution in [0, 0.1) is 6.92 Å². The quantitative estimate of drug-likeness (QED) is 0.670. The fraction of sp³-hybridized carbons (Fsp3) is 0.364. The third-order valence-corrected chi connectivity index (χ3v) is 3.43. The number of thiazole rings is 1. The van der Waals surface area contributed by atoms with Crippen LogP contribution in [0.25, 0.3) is 10.2 Å². The number of benzene rings is 1. The van der Waals surface area contributed by atoms with E-state index in [1.54, 1.807) is 13.0 Å². The van der Waals surface area contributed by atoms with E-state index < -0.39 is 18.9 Å². The highest BCUT2D eigenvalue weighted by atomic mass is 32.1. The molecule has 19 heavy (non-hydrogen) atoms. The van der Waals surface area contributed by atoms with Crippen LogP contribution in [-0.4, -0.2) is 23.9 Å². The molecule has 0 atom stereocenters. The molecule has 3 nitrogen and oxygen atoms in total. The molecule has 0 bridgehead atoms. The van der Waals surface area contributed by atoms with Crippen LogP contribution in [0.2, 0.25) is 0 Å². The van der Waals surface area contributed by atoms with Gasteiger partial charge in [0.25, 0.3) is 0 Å². The molecule has 0 aliphatic rings. The van der Waals surface area contributed by atoms with E-state index >= 15 is 0 Å². The topological polar surface area (TPSA) is 50.9 Å².